The van der Waals surface area contributed by atoms with Gasteiger partial charge in [-0.1, -0.05) is 12.7 Å². The van der Waals surface area contributed by atoms with Crippen LogP contribution in [0.1, 0.15) is 24.1 Å². The lowest BCUT2D eigenvalue weighted by molar-refractivity contribution is 0.292. The summed E-state index contributed by atoms with van der Waals surface area (Å²) in [5.41, 5.74) is 2.02. The number of ether oxygens (including phenoxy) is 3. The van der Waals surface area contributed by atoms with Crippen molar-refractivity contribution in [2.45, 2.75) is 13.0 Å². The van der Waals surface area contributed by atoms with E-state index < -0.39 is 0 Å². The molecule has 0 aliphatic rings. The van der Waals surface area contributed by atoms with Gasteiger partial charge >= 0.3 is 0 Å². The Bertz CT molecular complexity index is 455. The van der Waals surface area contributed by atoms with E-state index in [1.807, 2.05) is 20.2 Å². The van der Waals surface area contributed by atoms with Gasteiger partial charge in [0.25, 0.3) is 0 Å². The summed E-state index contributed by atoms with van der Waals surface area (Å²) in [6, 6.07) is 2.09. The lowest BCUT2D eigenvalue weighted by Gasteiger charge is -2.26. The van der Waals surface area contributed by atoms with Gasteiger partial charge in [0.05, 0.1) is 21.3 Å². The zero-order valence-electron chi connectivity index (χ0n) is 12.6. The average Bonchev–Trinajstić information content (AvgIpc) is 2.43. The minimum Gasteiger partial charge on any atom is -0.493 e. The molecule has 1 aromatic rings. The molecule has 0 saturated carbocycles. The maximum absolute atomic E-state index is 5.54. The van der Waals surface area contributed by atoms with Gasteiger partial charge in [0.15, 0.2) is 11.5 Å². The summed E-state index contributed by atoms with van der Waals surface area (Å²) in [6.07, 6.45) is 1.81. The number of benzene rings is 1. The highest BCUT2D eigenvalue weighted by Gasteiger charge is 2.24. The lowest BCUT2D eigenvalue weighted by Crippen LogP contribution is -2.19. The highest BCUT2D eigenvalue weighted by molar-refractivity contribution is 5.67. The molecule has 0 bridgehead atoms. The highest BCUT2D eigenvalue weighted by atomic mass is 16.5. The molecule has 0 saturated heterocycles. The Labute approximate surface area is 115 Å². The van der Waals surface area contributed by atoms with Crippen LogP contribution in [0.4, 0.5) is 0 Å². The molecule has 19 heavy (non-hydrogen) atoms. The average molecular weight is 265 g/mol. The molecule has 0 aliphatic carbocycles. The molecule has 4 heteroatoms. The van der Waals surface area contributed by atoms with Crippen molar-refractivity contribution in [2.75, 3.05) is 35.4 Å². The van der Waals surface area contributed by atoms with Crippen LogP contribution in [0.25, 0.3) is 6.08 Å². The van der Waals surface area contributed by atoms with E-state index in [9.17, 15) is 0 Å². The molecule has 0 radical (unpaired) electrons. The minimum absolute atomic E-state index is 0.169. The van der Waals surface area contributed by atoms with Crippen LogP contribution in [0.15, 0.2) is 12.6 Å². The molecule has 0 heterocycles. The van der Waals surface area contributed by atoms with Crippen molar-refractivity contribution in [3.63, 3.8) is 0 Å². The molecule has 0 fully saturated rings. The molecule has 1 atom stereocenters. The van der Waals surface area contributed by atoms with Crippen molar-refractivity contribution in [1.82, 2.24) is 4.90 Å². The fourth-order valence-electron chi connectivity index (χ4n) is 2.06. The molecule has 0 aliphatic heterocycles. The van der Waals surface area contributed by atoms with Crippen molar-refractivity contribution in [2.24, 2.45) is 0 Å². The van der Waals surface area contributed by atoms with Crippen LogP contribution in [0, 0.1) is 0 Å². The molecular weight excluding hydrogens is 242 g/mol. The van der Waals surface area contributed by atoms with Crippen LogP contribution < -0.4 is 14.2 Å². The number of methoxy groups -OCH3 is 3. The molecular formula is C15H23NO3. The summed E-state index contributed by atoms with van der Waals surface area (Å²) >= 11 is 0. The smallest absolute Gasteiger partial charge is 0.203 e. The molecule has 4 nitrogen and oxygen atoms in total. The highest BCUT2D eigenvalue weighted by Crippen LogP contribution is 2.45. The lowest BCUT2D eigenvalue weighted by atomic mass is 9.98. The third-order valence-corrected chi connectivity index (χ3v) is 3.31. The number of hydrogen-bond acceptors (Lipinski definition) is 4. The van der Waals surface area contributed by atoms with Crippen LogP contribution in [0.3, 0.4) is 0 Å². The Kier molecular flexibility index (Phi) is 5.24. The van der Waals surface area contributed by atoms with Gasteiger partial charge in [0.1, 0.15) is 0 Å². The molecule has 0 aromatic heterocycles. The third kappa shape index (κ3) is 2.84. The number of nitrogens with zero attached hydrogens (tertiary/aromatic N) is 1. The summed E-state index contributed by atoms with van der Waals surface area (Å²) in [7, 11) is 8.90. The van der Waals surface area contributed by atoms with Gasteiger partial charge < -0.3 is 19.1 Å². The van der Waals surface area contributed by atoms with Gasteiger partial charge in [-0.2, -0.15) is 0 Å². The van der Waals surface area contributed by atoms with Crippen LogP contribution in [0.5, 0.6) is 17.2 Å². The first-order valence-corrected chi connectivity index (χ1v) is 6.13. The Hall–Kier alpha value is -1.68. The van der Waals surface area contributed by atoms with Gasteiger partial charge in [0.2, 0.25) is 5.75 Å². The standard InChI is InChI=1S/C15H23NO3/c1-8-11-9-12(17-5)14(18-6)15(19-7)13(11)10(2)16(3)4/h8-10H,1H2,2-7H3/t10-/m1/s1. The third-order valence-electron chi connectivity index (χ3n) is 3.31. The van der Waals surface area contributed by atoms with Crippen molar-refractivity contribution in [3.05, 3.63) is 23.8 Å². The molecule has 1 aromatic carbocycles. The summed E-state index contributed by atoms with van der Waals surface area (Å²) in [6.45, 7) is 5.98. The second-order valence-electron chi connectivity index (χ2n) is 4.49. The Morgan fingerprint density at radius 3 is 2.05 bits per heavy atom. The van der Waals surface area contributed by atoms with Crippen LogP contribution in [-0.2, 0) is 0 Å². The van der Waals surface area contributed by atoms with E-state index in [1.54, 1.807) is 27.4 Å². The largest absolute Gasteiger partial charge is 0.493 e. The Balaban J connectivity index is 3.62. The van der Waals surface area contributed by atoms with Crippen molar-refractivity contribution >= 4 is 6.08 Å². The van der Waals surface area contributed by atoms with E-state index in [4.69, 9.17) is 14.2 Å². The van der Waals surface area contributed by atoms with Crippen LogP contribution in [-0.4, -0.2) is 40.3 Å². The normalized spacial score (nSPS) is 12.2. The fourth-order valence-corrected chi connectivity index (χ4v) is 2.06. The second kappa shape index (κ2) is 6.48. The van der Waals surface area contributed by atoms with Gasteiger partial charge in [-0.25, -0.2) is 0 Å². The predicted molar refractivity (Wildman–Crippen MR) is 78.3 cm³/mol. The van der Waals surface area contributed by atoms with Crippen molar-refractivity contribution in [3.8, 4) is 17.2 Å². The quantitative estimate of drug-likeness (QED) is 0.791. The van der Waals surface area contributed by atoms with E-state index >= 15 is 0 Å². The number of rotatable bonds is 6. The second-order valence-corrected chi connectivity index (χ2v) is 4.49. The SMILES string of the molecule is C=Cc1cc(OC)c(OC)c(OC)c1[C@@H](C)N(C)C. The van der Waals surface area contributed by atoms with E-state index in [-0.39, 0.29) is 6.04 Å². The summed E-state index contributed by atoms with van der Waals surface area (Å²) < 4.78 is 16.3. The predicted octanol–water partition coefficient (Wildman–Crippen LogP) is 2.98. The maximum Gasteiger partial charge on any atom is 0.203 e. The minimum atomic E-state index is 0.169. The van der Waals surface area contributed by atoms with Gasteiger partial charge in [-0.15, -0.1) is 0 Å². The van der Waals surface area contributed by atoms with Gasteiger partial charge in [0, 0.05) is 11.6 Å². The van der Waals surface area contributed by atoms with Gasteiger partial charge in [-0.3, -0.25) is 0 Å². The first-order valence-electron chi connectivity index (χ1n) is 6.13. The maximum atomic E-state index is 5.54. The van der Waals surface area contributed by atoms with Crippen molar-refractivity contribution in [1.29, 1.82) is 0 Å². The molecule has 0 N–H and O–H groups in total. The zero-order chi connectivity index (χ0) is 14.6. The molecule has 106 valence electrons. The summed E-state index contributed by atoms with van der Waals surface area (Å²) in [5.74, 6) is 1.95. The summed E-state index contributed by atoms with van der Waals surface area (Å²) in [4.78, 5) is 2.11. The topological polar surface area (TPSA) is 30.9 Å². The summed E-state index contributed by atoms with van der Waals surface area (Å²) in [5, 5.41) is 0. The van der Waals surface area contributed by atoms with Crippen LogP contribution >= 0.6 is 0 Å². The fraction of sp³-hybridized carbons (Fsp3) is 0.467. The Morgan fingerprint density at radius 2 is 1.68 bits per heavy atom. The molecule has 0 amide bonds. The van der Waals surface area contributed by atoms with E-state index in [1.165, 1.54) is 0 Å². The first-order chi connectivity index (χ1) is 9.01. The van der Waals surface area contributed by atoms with E-state index in [0.717, 1.165) is 11.1 Å². The van der Waals surface area contributed by atoms with Crippen molar-refractivity contribution < 1.29 is 14.2 Å². The zero-order valence-corrected chi connectivity index (χ0v) is 12.6. The van der Waals surface area contributed by atoms with E-state index in [2.05, 4.69) is 18.4 Å². The monoisotopic (exact) mass is 265 g/mol. The van der Waals surface area contributed by atoms with E-state index in [0.29, 0.717) is 17.2 Å². The molecule has 1 rings (SSSR count). The molecule has 0 unspecified atom stereocenters. The Morgan fingerprint density at radius 1 is 1.11 bits per heavy atom. The van der Waals surface area contributed by atoms with Crippen LogP contribution in [0.2, 0.25) is 0 Å². The van der Waals surface area contributed by atoms with Gasteiger partial charge in [-0.05, 0) is 32.6 Å². The molecule has 0 spiro atoms. The number of hydrogen-bond donors (Lipinski definition) is 0. The first kappa shape index (κ1) is 15.4.